The lowest BCUT2D eigenvalue weighted by atomic mass is 9.95. The van der Waals surface area contributed by atoms with E-state index >= 15 is 0 Å². The molecular weight excluding hydrogens is 270 g/mol. The third-order valence-electron chi connectivity index (χ3n) is 3.22. The van der Waals surface area contributed by atoms with Crippen molar-refractivity contribution in [1.29, 1.82) is 0 Å². The van der Waals surface area contributed by atoms with Crippen LogP contribution in [0.4, 0.5) is 11.8 Å². The minimum atomic E-state index is 0.375. The normalized spacial score (nSPS) is 23.7. The van der Waals surface area contributed by atoms with Crippen LogP contribution in [0.3, 0.4) is 0 Å². The molecule has 0 atom stereocenters. The third-order valence-corrected chi connectivity index (χ3v) is 4.64. The largest absolute Gasteiger partial charge is 0.366 e. The van der Waals surface area contributed by atoms with Gasteiger partial charge in [0.15, 0.2) is 5.82 Å². The van der Waals surface area contributed by atoms with Gasteiger partial charge >= 0.3 is 0 Å². The zero-order chi connectivity index (χ0) is 13.0. The van der Waals surface area contributed by atoms with Gasteiger partial charge in [0.05, 0.1) is 6.20 Å². The molecular formula is C11H18ClN5S. The van der Waals surface area contributed by atoms with Crippen LogP contribution in [0, 0.1) is 0 Å². The van der Waals surface area contributed by atoms with Crippen molar-refractivity contribution < 1.29 is 0 Å². The van der Waals surface area contributed by atoms with Crippen LogP contribution >= 0.6 is 23.4 Å². The Balaban J connectivity index is 1.97. The summed E-state index contributed by atoms with van der Waals surface area (Å²) in [6.45, 7) is 0. The first-order valence-corrected chi connectivity index (χ1v) is 7.68. The molecule has 5 nitrogen and oxygen atoms in total. The number of thioether (sulfide) groups is 1. The van der Waals surface area contributed by atoms with E-state index in [2.05, 4.69) is 27.0 Å². The van der Waals surface area contributed by atoms with Gasteiger partial charge in [0, 0.05) is 11.3 Å². The fraction of sp³-hybridized carbons (Fsp3) is 0.636. The molecule has 0 saturated heterocycles. The Kier molecular flexibility index (Phi) is 4.91. The van der Waals surface area contributed by atoms with Crippen molar-refractivity contribution in [3.05, 3.63) is 11.2 Å². The fourth-order valence-corrected chi connectivity index (χ4v) is 3.06. The highest BCUT2D eigenvalue weighted by molar-refractivity contribution is 7.99. The second-order valence-corrected chi connectivity index (χ2v) is 5.93. The highest BCUT2D eigenvalue weighted by Gasteiger charge is 2.21. The summed E-state index contributed by atoms with van der Waals surface area (Å²) in [7, 11) is 0. The maximum atomic E-state index is 6.07. The van der Waals surface area contributed by atoms with Crippen LogP contribution in [0.5, 0.6) is 0 Å². The molecule has 0 bridgehead atoms. The summed E-state index contributed by atoms with van der Waals surface area (Å²) in [4.78, 5) is 8.18. The lowest BCUT2D eigenvalue weighted by Gasteiger charge is -2.28. The highest BCUT2D eigenvalue weighted by Crippen LogP contribution is 2.29. The van der Waals surface area contributed by atoms with Crippen molar-refractivity contribution in [2.75, 3.05) is 17.0 Å². The number of nitrogens with one attached hydrogen (secondary N) is 2. The SMILES string of the molecule is CSC1CCC(Nc2nc(NN)ncc2Cl)CC1. The van der Waals surface area contributed by atoms with Crippen molar-refractivity contribution in [2.24, 2.45) is 5.84 Å². The van der Waals surface area contributed by atoms with Gasteiger partial charge in [-0.1, -0.05) is 11.6 Å². The van der Waals surface area contributed by atoms with Gasteiger partial charge in [0.2, 0.25) is 5.95 Å². The minimum Gasteiger partial charge on any atom is -0.366 e. The van der Waals surface area contributed by atoms with Gasteiger partial charge < -0.3 is 5.32 Å². The predicted molar refractivity (Wildman–Crippen MR) is 78.0 cm³/mol. The Morgan fingerprint density at radius 2 is 2.11 bits per heavy atom. The molecule has 0 spiro atoms. The van der Waals surface area contributed by atoms with Crippen LogP contribution in [0.1, 0.15) is 25.7 Å². The van der Waals surface area contributed by atoms with Crippen LogP contribution in [0.2, 0.25) is 5.02 Å². The fourth-order valence-electron chi connectivity index (χ4n) is 2.17. The second kappa shape index (κ2) is 6.45. The van der Waals surface area contributed by atoms with Crippen molar-refractivity contribution in [2.45, 2.75) is 37.0 Å². The van der Waals surface area contributed by atoms with Gasteiger partial charge in [-0.2, -0.15) is 16.7 Å². The highest BCUT2D eigenvalue weighted by atomic mass is 35.5. The summed E-state index contributed by atoms with van der Waals surface area (Å²) in [6.07, 6.45) is 8.51. The van der Waals surface area contributed by atoms with E-state index in [1.54, 1.807) is 6.20 Å². The van der Waals surface area contributed by atoms with Crippen LogP contribution in [-0.2, 0) is 0 Å². The van der Waals surface area contributed by atoms with Gasteiger partial charge in [-0.25, -0.2) is 10.8 Å². The van der Waals surface area contributed by atoms with Crippen molar-refractivity contribution in [3.8, 4) is 0 Å². The number of nitrogen functional groups attached to an aromatic ring is 1. The van der Waals surface area contributed by atoms with E-state index < -0.39 is 0 Å². The van der Waals surface area contributed by atoms with Crippen molar-refractivity contribution >= 4 is 35.1 Å². The molecule has 4 N–H and O–H groups in total. The lowest BCUT2D eigenvalue weighted by Crippen LogP contribution is -2.27. The summed E-state index contributed by atoms with van der Waals surface area (Å²) in [5, 5.41) is 4.71. The van der Waals surface area contributed by atoms with E-state index in [1.807, 2.05) is 11.8 Å². The number of nitrogens with two attached hydrogens (primary N) is 1. The van der Waals surface area contributed by atoms with Gasteiger partial charge in [-0.05, 0) is 31.9 Å². The van der Waals surface area contributed by atoms with Crippen LogP contribution in [0.15, 0.2) is 6.20 Å². The predicted octanol–water partition coefficient (Wildman–Crippen LogP) is 2.50. The molecule has 0 radical (unpaired) electrons. The second-order valence-electron chi connectivity index (χ2n) is 4.39. The number of halogens is 1. The number of anilines is 2. The Morgan fingerprint density at radius 3 is 2.72 bits per heavy atom. The Hall–Kier alpha value is -0.720. The van der Waals surface area contributed by atoms with E-state index in [1.165, 1.54) is 12.8 Å². The summed E-state index contributed by atoms with van der Waals surface area (Å²) in [6, 6.07) is 0.437. The molecule has 1 heterocycles. The summed E-state index contributed by atoms with van der Waals surface area (Å²) < 4.78 is 0. The molecule has 0 amide bonds. The molecule has 0 aromatic carbocycles. The number of hydrogen-bond acceptors (Lipinski definition) is 6. The molecule has 100 valence electrons. The monoisotopic (exact) mass is 287 g/mol. The van der Waals surface area contributed by atoms with E-state index in [0.29, 0.717) is 22.8 Å². The summed E-state index contributed by atoms with van der Waals surface area (Å²) in [5.41, 5.74) is 2.42. The van der Waals surface area contributed by atoms with Crippen LogP contribution in [-0.4, -0.2) is 27.5 Å². The van der Waals surface area contributed by atoms with E-state index in [4.69, 9.17) is 17.4 Å². The van der Waals surface area contributed by atoms with E-state index in [9.17, 15) is 0 Å². The van der Waals surface area contributed by atoms with Crippen molar-refractivity contribution in [3.63, 3.8) is 0 Å². The lowest BCUT2D eigenvalue weighted by molar-refractivity contribution is 0.472. The number of hydrazine groups is 1. The molecule has 1 aliphatic carbocycles. The molecule has 1 aromatic heterocycles. The average Bonchev–Trinajstić information content (AvgIpc) is 2.42. The van der Waals surface area contributed by atoms with E-state index in [-0.39, 0.29) is 0 Å². The average molecular weight is 288 g/mol. The number of nitrogens with zero attached hydrogens (tertiary/aromatic N) is 2. The Morgan fingerprint density at radius 1 is 1.39 bits per heavy atom. The summed E-state index contributed by atoms with van der Waals surface area (Å²) >= 11 is 8.03. The quantitative estimate of drug-likeness (QED) is 0.583. The van der Waals surface area contributed by atoms with E-state index in [0.717, 1.165) is 18.1 Å². The Bertz CT molecular complexity index is 395. The van der Waals surface area contributed by atoms with Crippen LogP contribution < -0.4 is 16.6 Å². The first-order valence-electron chi connectivity index (χ1n) is 6.01. The molecule has 1 fully saturated rings. The van der Waals surface area contributed by atoms with Crippen LogP contribution in [0.25, 0.3) is 0 Å². The van der Waals surface area contributed by atoms with Crippen molar-refractivity contribution in [1.82, 2.24) is 9.97 Å². The standard InChI is InChI=1S/C11H18ClN5S/c1-18-8-4-2-7(3-5-8)15-10-9(12)6-14-11(16-10)17-13/h6-8H,2-5,13H2,1H3,(H2,14,15,16,17). The van der Waals surface area contributed by atoms with Gasteiger partial charge in [0.25, 0.3) is 0 Å². The minimum absolute atomic E-state index is 0.375. The van der Waals surface area contributed by atoms with Gasteiger partial charge in [0.1, 0.15) is 5.02 Å². The number of hydrogen-bond donors (Lipinski definition) is 3. The smallest absolute Gasteiger partial charge is 0.239 e. The maximum absolute atomic E-state index is 6.07. The molecule has 0 aliphatic heterocycles. The number of rotatable bonds is 4. The molecule has 18 heavy (non-hydrogen) atoms. The molecule has 2 rings (SSSR count). The topological polar surface area (TPSA) is 75.9 Å². The summed E-state index contributed by atoms with van der Waals surface area (Å²) in [5.74, 6) is 6.32. The number of aromatic nitrogens is 2. The zero-order valence-electron chi connectivity index (χ0n) is 10.3. The Labute approximate surface area is 116 Å². The van der Waals surface area contributed by atoms with Gasteiger partial charge in [-0.15, -0.1) is 0 Å². The molecule has 7 heteroatoms. The first-order chi connectivity index (χ1) is 8.72. The maximum Gasteiger partial charge on any atom is 0.239 e. The van der Waals surface area contributed by atoms with Gasteiger partial charge in [-0.3, -0.25) is 5.43 Å². The molecule has 1 saturated carbocycles. The zero-order valence-corrected chi connectivity index (χ0v) is 11.9. The molecule has 1 aliphatic rings. The third kappa shape index (κ3) is 3.40. The molecule has 1 aromatic rings. The first kappa shape index (κ1) is 13.7. The molecule has 0 unspecified atom stereocenters.